The molecule has 2 aliphatic rings. The summed E-state index contributed by atoms with van der Waals surface area (Å²) in [6.07, 6.45) is 0. The lowest BCUT2D eigenvalue weighted by atomic mass is 9.93. The van der Waals surface area contributed by atoms with Gasteiger partial charge >= 0.3 is 0 Å². The number of hydrogen-bond donors (Lipinski definition) is 1. The molecule has 1 aliphatic carbocycles. The topological polar surface area (TPSA) is 104 Å². The van der Waals surface area contributed by atoms with Crippen LogP contribution in [0.4, 0.5) is 0 Å². The molecule has 3 rings (SSSR count). The van der Waals surface area contributed by atoms with Crippen LogP contribution in [0, 0.1) is 33.5 Å². The van der Waals surface area contributed by atoms with Crippen molar-refractivity contribution in [1.82, 2.24) is 0 Å². The summed E-state index contributed by atoms with van der Waals surface area (Å²) in [5.41, 5.74) is 4.35. The minimum absolute atomic E-state index is 0.0871. The first-order valence-electron chi connectivity index (χ1n) is 6.43. The highest BCUT2D eigenvalue weighted by Gasteiger charge is 2.93. The molecular formula is C15H14N4O2. The first-order valence-corrected chi connectivity index (χ1v) is 6.43. The van der Waals surface area contributed by atoms with E-state index in [0.29, 0.717) is 0 Å². The molecule has 1 heterocycles. The monoisotopic (exact) mass is 282 g/mol. The maximum absolute atomic E-state index is 9.82. The maximum Gasteiger partial charge on any atom is 0.292 e. The summed E-state index contributed by atoms with van der Waals surface area (Å²) in [6, 6.07) is 13.7. The molecule has 0 spiro atoms. The third-order valence-corrected chi connectivity index (χ3v) is 4.61. The number of benzene rings is 1. The van der Waals surface area contributed by atoms with Crippen molar-refractivity contribution < 1.29 is 9.47 Å². The number of methoxy groups -OCH3 is 2. The summed E-state index contributed by atoms with van der Waals surface area (Å²) in [6.45, 7) is 0. The van der Waals surface area contributed by atoms with Gasteiger partial charge in [0.05, 0.1) is 12.1 Å². The van der Waals surface area contributed by atoms with Crippen molar-refractivity contribution in [2.75, 3.05) is 14.2 Å². The fourth-order valence-electron chi connectivity index (χ4n) is 3.67. The van der Waals surface area contributed by atoms with Crippen molar-refractivity contribution in [3.05, 3.63) is 35.9 Å². The van der Waals surface area contributed by atoms with Gasteiger partial charge in [0, 0.05) is 20.1 Å². The molecule has 1 saturated carbocycles. The van der Waals surface area contributed by atoms with Crippen LogP contribution < -0.4 is 5.73 Å². The molecule has 0 aromatic heterocycles. The number of rotatable bonds is 3. The van der Waals surface area contributed by atoms with E-state index < -0.39 is 22.7 Å². The Kier molecular flexibility index (Phi) is 2.61. The Bertz CT molecular complexity index is 699. The van der Waals surface area contributed by atoms with Crippen molar-refractivity contribution in [2.45, 2.75) is 11.8 Å². The van der Waals surface area contributed by atoms with Gasteiger partial charge in [0.15, 0.2) is 5.41 Å². The SMILES string of the molecule is COC1(OC)N=C(N)[C@]2(C#N)[C@H](c3ccccc3)[C@]12C#N. The minimum Gasteiger partial charge on any atom is -0.386 e. The van der Waals surface area contributed by atoms with Gasteiger partial charge in [-0.2, -0.15) is 10.5 Å². The van der Waals surface area contributed by atoms with Gasteiger partial charge in [0.2, 0.25) is 0 Å². The molecule has 1 aromatic rings. The lowest BCUT2D eigenvalue weighted by Crippen LogP contribution is -2.41. The van der Waals surface area contributed by atoms with Crippen LogP contribution in [-0.4, -0.2) is 26.0 Å². The highest BCUT2D eigenvalue weighted by molar-refractivity contribution is 6.00. The fraction of sp³-hybridized carbons (Fsp3) is 0.400. The molecule has 0 radical (unpaired) electrons. The number of aliphatic imine (C=N–C) groups is 1. The van der Waals surface area contributed by atoms with Crippen molar-refractivity contribution in [3.63, 3.8) is 0 Å². The molecular weight excluding hydrogens is 268 g/mol. The van der Waals surface area contributed by atoms with Gasteiger partial charge in [-0.15, -0.1) is 0 Å². The second kappa shape index (κ2) is 4.05. The molecule has 0 amide bonds. The van der Waals surface area contributed by atoms with Gasteiger partial charge in [-0.25, -0.2) is 4.99 Å². The van der Waals surface area contributed by atoms with E-state index in [1.54, 1.807) is 0 Å². The molecule has 21 heavy (non-hydrogen) atoms. The normalized spacial score (nSPS) is 35.2. The molecule has 0 saturated heterocycles. The van der Waals surface area contributed by atoms with E-state index in [0.717, 1.165) is 5.56 Å². The molecule has 1 aliphatic heterocycles. The highest BCUT2D eigenvalue weighted by atomic mass is 16.7. The van der Waals surface area contributed by atoms with Crippen LogP contribution in [0.1, 0.15) is 11.5 Å². The van der Waals surface area contributed by atoms with Gasteiger partial charge in [-0.05, 0) is 5.56 Å². The predicted molar refractivity (Wildman–Crippen MR) is 73.6 cm³/mol. The van der Waals surface area contributed by atoms with Crippen molar-refractivity contribution >= 4 is 5.84 Å². The zero-order valence-corrected chi connectivity index (χ0v) is 11.7. The second-order valence-corrected chi connectivity index (χ2v) is 5.17. The van der Waals surface area contributed by atoms with Crippen molar-refractivity contribution in [2.24, 2.45) is 21.6 Å². The predicted octanol–water partition coefficient (Wildman–Crippen LogP) is 1.12. The number of hydrogen-bond acceptors (Lipinski definition) is 6. The number of nitrogens with zero attached hydrogens (tertiary/aromatic N) is 3. The van der Waals surface area contributed by atoms with Crippen LogP contribution in [0.25, 0.3) is 0 Å². The van der Waals surface area contributed by atoms with E-state index in [4.69, 9.17) is 15.2 Å². The maximum atomic E-state index is 9.82. The minimum atomic E-state index is -1.55. The Labute approximate surface area is 122 Å². The highest BCUT2D eigenvalue weighted by Crippen LogP contribution is 2.81. The molecule has 6 heteroatoms. The number of nitriles is 2. The van der Waals surface area contributed by atoms with E-state index in [1.165, 1.54) is 14.2 Å². The number of amidine groups is 1. The summed E-state index contributed by atoms with van der Waals surface area (Å²) in [4.78, 5) is 4.15. The average molecular weight is 282 g/mol. The van der Waals surface area contributed by atoms with E-state index >= 15 is 0 Å². The Hall–Kier alpha value is -2.41. The summed E-state index contributed by atoms with van der Waals surface area (Å²) in [5, 5.41) is 19.5. The Morgan fingerprint density at radius 2 is 1.76 bits per heavy atom. The number of nitrogens with two attached hydrogens (primary N) is 1. The quantitative estimate of drug-likeness (QED) is 0.836. The van der Waals surface area contributed by atoms with Crippen LogP contribution in [0.5, 0.6) is 0 Å². The van der Waals surface area contributed by atoms with Crippen LogP contribution in [0.3, 0.4) is 0 Å². The molecule has 6 nitrogen and oxygen atoms in total. The van der Waals surface area contributed by atoms with Crippen LogP contribution in [0.2, 0.25) is 0 Å². The van der Waals surface area contributed by atoms with Gasteiger partial charge in [0.1, 0.15) is 11.3 Å². The van der Waals surface area contributed by atoms with E-state index in [1.807, 2.05) is 30.3 Å². The smallest absolute Gasteiger partial charge is 0.292 e. The van der Waals surface area contributed by atoms with Gasteiger partial charge < -0.3 is 15.2 Å². The van der Waals surface area contributed by atoms with E-state index in [2.05, 4.69) is 17.1 Å². The number of ether oxygens (including phenoxy) is 2. The van der Waals surface area contributed by atoms with Gasteiger partial charge in [0.25, 0.3) is 5.91 Å². The average Bonchev–Trinajstić information content (AvgIpc) is 3.11. The largest absolute Gasteiger partial charge is 0.386 e. The van der Waals surface area contributed by atoms with E-state index in [9.17, 15) is 10.5 Å². The molecule has 1 aromatic carbocycles. The molecule has 0 bridgehead atoms. The summed E-state index contributed by atoms with van der Waals surface area (Å²) < 4.78 is 10.8. The Morgan fingerprint density at radius 1 is 1.14 bits per heavy atom. The molecule has 1 fully saturated rings. The fourth-order valence-corrected chi connectivity index (χ4v) is 3.67. The molecule has 3 atom stereocenters. The Balaban J connectivity index is 2.26. The summed E-state index contributed by atoms with van der Waals surface area (Å²) in [7, 11) is 2.79. The molecule has 2 N–H and O–H groups in total. The third-order valence-electron chi connectivity index (χ3n) is 4.61. The summed E-state index contributed by atoms with van der Waals surface area (Å²) >= 11 is 0. The zero-order chi connectivity index (χ0) is 15.3. The van der Waals surface area contributed by atoms with Crippen LogP contribution in [-0.2, 0) is 9.47 Å². The summed E-state index contributed by atoms with van der Waals surface area (Å²) in [5.74, 6) is -1.90. The second-order valence-electron chi connectivity index (χ2n) is 5.17. The standard InChI is InChI=1S/C15H14N4O2/c1-20-15(21-2)14(9-17)11(10-6-4-3-5-7-10)13(14,8-16)12(18)19-15/h3-7,11H,1-2H3,(H2,18,19)/t11-,13-,14-/m0/s1. The third kappa shape index (κ3) is 1.16. The molecule has 106 valence electrons. The lowest BCUT2D eigenvalue weighted by molar-refractivity contribution is -0.230. The first kappa shape index (κ1) is 13.6. The number of fused-ring (bicyclic) bond motifs is 1. The molecule has 0 unspecified atom stereocenters. The van der Waals surface area contributed by atoms with Crippen molar-refractivity contribution in [3.8, 4) is 12.1 Å². The first-order chi connectivity index (χ1) is 10.1. The van der Waals surface area contributed by atoms with Crippen molar-refractivity contribution in [1.29, 1.82) is 10.5 Å². The van der Waals surface area contributed by atoms with Crippen LogP contribution >= 0.6 is 0 Å². The lowest BCUT2D eigenvalue weighted by Gasteiger charge is -2.29. The van der Waals surface area contributed by atoms with E-state index in [-0.39, 0.29) is 5.84 Å². The zero-order valence-electron chi connectivity index (χ0n) is 11.7. The van der Waals surface area contributed by atoms with Gasteiger partial charge in [-0.3, -0.25) is 0 Å². The van der Waals surface area contributed by atoms with Gasteiger partial charge in [-0.1, -0.05) is 30.3 Å². The van der Waals surface area contributed by atoms with Crippen LogP contribution in [0.15, 0.2) is 35.3 Å². The Morgan fingerprint density at radius 3 is 2.24 bits per heavy atom.